The maximum absolute atomic E-state index is 12.0. The van der Waals surface area contributed by atoms with Crippen LogP contribution in [0.4, 0.5) is 4.79 Å². The molecule has 1 aliphatic heterocycles. The minimum absolute atomic E-state index is 0.0301. The van der Waals surface area contributed by atoms with E-state index in [1.54, 1.807) is 4.90 Å². The Morgan fingerprint density at radius 1 is 1.29 bits per heavy atom. The van der Waals surface area contributed by atoms with Crippen LogP contribution in [0, 0.1) is 5.41 Å². The molecule has 2 rings (SSSR count). The van der Waals surface area contributed by atoms with E-state index < -0.39 is 17.1 Å². The van der Waals surface area contributed by atoms with Crippen LogP contribution in [-0.4, -0.2) is 52.8 Å². The lowest BCUT2D eigenvalue weighted by Crippen LogP contribution is -2.71. The minimum atomic E-state index is -0.840. The molecule has 1 heterocycles. The molecule has 2 N–H and O–H groups in total. The first-order chi connectivity index (χ1) is 9.53. The average molecular weight is 298 g/mol. The molecule has 0 spiro atoms. The highest BCUT2D eigenvalue weighted by molar-refractivity contribution is 5.73. The highest BCUT2D eigenvalue weighted by atomic mass is 16.6. The normalized spacial score (nSPS) is 22.4. The van der Waals surface area contributed by atoms with Crippen LogP contribution >= 0.6 is 0 Å². The van der Waals surface area contributed by atoms with E-state index >= 15 is 0 Å². The molecule has 21 heavy (non-hydrogen) atoms. The molecule has 1 amide bonds. The number of carboxylic acids is 1. The molecular formula is C15H26N2O4. The van der Waals surface area contributed by atoms with Crippen LogP contribution in [0.2, 0.25) is 0 Å². The van der Waals surface area contributed by atoms with Gasteiger partial charge in [-0.2, -0.15) is 0 Å². The van der Waals surface area contributed by atoms with Crippen molar-refractivity contribution in [2.24, 2.45) is 5.41 Å². The average Bonchev–Trinajstić information content (AvgIpc) is 2.97. The van der Waals surface area contributed by atoms with Gasteiger partial charge in [0.15, 0.2) is 0 Å². The zero-order valence-corrected chi connectivity index (χ0v) is 13.4. The summed E-state index contributed by atoms with van der Waals surface area (Å²) in [5.41, 5.74) is -0.733. The van der Waals surface area contributed by atoms with E-state index in [2.05, 4.69) is 12.2 Å². The van der Waals surface area contributed by atoms with Gasteiger partial charge >= 0.3 is 12.1 Å². The Balaban J connectivity index is 1.89. The monoisotopic (exact) mass is 298 g/mol. The Morgan fingerprint density at radius 3 is 2.29 bits per heavy atom. The second-order valence-electron chi connectivity index (χ2n) is 7.85. The number of likely N-dealkylation sites (tertiary alicyclic amines) is 1. The third-order valence-corrected chi connectivity index (χ3v) is 4.12. The Labute approximate surface area is 125 Å². The van der Waals surface area contributed by atoms with Gasteiger partial charge in [0.05, 0.1) is 12.0 Å². The molecule has 6 nitrogen and oxygen atoms in total. The minimum Gasteiger partial charge on any atom is -0.481 e. The van der Waals surface area contributed by atoms with Gasteiger partial charge in [-0.3, -0.25) is 4.79 Å². The number of nitrogens with one attached hydrogen (secondary N) is 1. The van der Waals surface area contributed by atoms with Crippen molar-refractivity contribution in [1.82, 2.24) is 10.2 Å². The summed E-state index contributed by atoms with van der Waals surface area (Å²) in [7, 11) is 0. The number of rotatable bonds is 5. The number of carbonyl (C=O) groups excluding carboxylic acids is 1. The second kappa shape index (κ2) is 5.16. The van der Waals surface area contributed by atoms with Gasteiger partial charge in [0, 0.05) is 19.6 Å². The number of aliphatic carboxylic acids is 1. The Kier molecular flexibility index (Phi) is 3.95. The summed E-state index contributed by atoms with van der Waals surface area (Å²) in [6, 6.07) is 0. The molecule has 0 aromatic carbocycles. The molecule has 0 aromatic rings. The van der Waals surface area contributed by atoms with Gasteiger partial charge in [-0.1, -0.05) is 6.92 Å². The number of hydrogen-bond donors (Lipinski definition) is 2. The van der Waals surface area contributed by atoms with Crippen LogP contribution in [0.5, 0.6) is 0 Å². The van der Waals surface area contributed by atoms with Gasteiger partial charge in [0.1, 0.15) is 5.60 Å². The van der Waals surface area contributed by atoms with Crippen LogP contribution < -0.4 is 5.32 Å². The summed E-state index contributed by atoms with van der Waals surface area (Å²) < 4.78 is 5.31. The molecule has 0 unspecified atom stereocenters. The predicted octanol–water partition coefficient (Wildman–Crippen LogP) is 1.84. The molecule has 6 heteroatoms. The molecule has 0 radical (unpaired) electrons. The van der Waals surface area contributed by atoms with Crippen molar-refractivity contribution in [3.05, 3.63) is 0 Å². The van der Waals surface area contributed by atoms with Gasteiger partial charge < -0.3 is 20.1 Å². The lowest BCUT2D eigenvalue weighted by atomic mass is 9.85. The van der Waals surface area contributed by atoms with E-state index in [0.29, 0.717) is 18.5 Å². The number of nitrogens with zero attached hydrogens (tertiary/aromatic N) is 1. The zero-order chi connectivity index (χ0) is 15.9. The molecule has 1 saturated heterocycles. The van der Waals surface area contributed by atoms with E-state index in [9.17, 15) is 9.59 Å². The fourth-order valence-corrected chi connectivity index (χ4v) is 2.51. The molecule has 1 saturated carbocycles. The van der Waals surface area contributed by atoms with Gasteiger partial charge in [0.25, 0.3) is 0 Å². The molecule has 2 fully saturated rings. The summed E-state index contributed by atoms with van der Waals surface area (Å²) in [6.45, 7) is 9.25. The maximum atomic E-state index is 12.0. The fraction of sp³-hybridized carbons (Fsp3) is 0.867. The van der Waals surface area contributed by atoms with E-state index in [1.807, 2.05) is 20.8 Å². The Bertz CT molecular complexity index is 431. The first kappa shape index (κ1) is 16.1. The van der Waals surface area contributed by atoms with Gasteiger partial charge in [-0.15, -0.1) is 0 Å². The predicted molar refractivity (Wildman–Crippen MR) is 78.1 cm³/mol. The highest BCUT2D eigenvalue weighted by Gasteiger charge is 2.49. The van der Waals surface area contributed by atoms with Crippen LogP contribution in [-0.2, 0) is 9.53 Å². The van der Waals surface area contributed by atoms with E-state index in [0.717, 1.165) is 6.54 Å². The van der Waals surface area contributed by atoms with Crippen LogP contribution in [0.1, 0.15) is 47.0 Å². The highest BCUT2D eigenvalue weighted by Crippen LogP contribution is 2.44. The largest absolute Gasteiger partial charge is 0.481 e. The van der Waals surface area contributed by atoms with Gasteiger partial charge in [-0.25, -0.2) is 4.79 Å². The van der Waals surface area contributed by atoms with E-state index in [-0.39, 0.29) is 12.5 Å². The quantitative estimate of drug-likeness (QED) is 0.809. The molecule has 0 aromatic heterocycles. The van der Waals surface area contributed by atoms with Crippen molar-refractivity contribution in [1.29, 1.82) is 0 Å². The van der Waals surface area contributed by atoms with E-state index in [1.165, 1.54) is 12.8 Å². The Morgan fingerprint density at radius 2 is 1.86 bits per heavy atom. The molecular weight excluding hydrogens is 272 g/mol. The summed E-state index contributed by atoms with van der Waals surface area (Å²) in [4.78, 5) is 24.6. The van der Waals surface area contributed by atoms with Gasteiger partial charge in [0.2, 0.25) is 0 Å². The van der Waals surface area contributed by atoms with Gasteiger partial charge in [-0.05, 0) is 39.0 Å². The lowest BCUT2D eigenvalue weighted by Gasteiger charge is -2.50. The third kappa shape index (κ3) is 4.33. The molecule has 0 bridgehead atoms. The number of amides is 1. The number of carbonyl (C=O) groups is 2. The fourth-order valence-electron chi connectivity index (χ4n) is 2.51. The van der Waals surface area contributed by atoms with Crippen molar-refractivity contribution in [3.8, 4) is 0 Å². The molecule has 120 valence electrons. The van der Waals surface area contributed by atoms with Crippen molar-refractivity contribution in [2.45, 2.75) is 58.1 Å². The summed E-state index contributed by atoms with van der Waals surface area (Å²) in [5.74, 6) is -0.840. The van der Waals surface area contributed by atoms with Crippen LogP contribution in [0.3, 0.4) is 0 Å². The third-order valence-electron chi connectivity index (χ3n) is 4.12. The topological polar surface area (TPSA) is 78.9 Å². The SMILES string of the molecule is CC1(CNC2(CC(=O)O)CN(C(=O)OC(C)(C)C)C2)CC1. The summed E-state index contributed by atoms with van der Waals surface area (Å²) in [6.07, 6.45) is 2.02. The summed E-state index contributed by atoms with van der Waals surface area (Å²) in [5, 5.41) is 12.5. The first-order valence-electron chi connectivity index (χ1n) is 7.47. The lowest BCUT2D eigenvalue weighted by molar-refractivity contribution is -0.141. The summed E-state index contributed by atoms with van der Waals surface area (Å²) >= 11 is 0. The Hall–Kier alpha value is -1.30. The second-order valence-corrected chi connectivity index (χ2v) is 7.85. The van der Waals surface area contributed by atoms with Crippen LogP contribution in [0.15, 0.2) is 0 Å². The van der Waals surface area contributed by atoms with E-state index in [4.69, 9.17) is 9.84 Å². The van der Waals surface area contributed by atoms with Crippen molar-refractivity contribution < 1.29 is 19.4 Å². The van der Waals surface area contributed by atoms with Crippen molar-refractivity contribution >= 4 is 12.1 Å². The number of ether oxygens (including phenoxy) is 1. The number of hydrogen-bond acceptors (Lipinski definition) is 4. The smallest absolute Gasteiger partial charge is 0.410 e. The maximum Gasteiger partial charge on any atom is 0.410 e. The van der Waals surface area contributed by atoms with Crippen LogP contribution in [0.25, 0.3) is 0 Å². The zero-order valence-electron chi connectivity index (χ0n) is 13.4. The van der Waals surface area contributed by atoms with Crippen molar-refractivity contribution in [3.63, 3.8) is 0 Å². The molecule has 2 aliphatic rings. The first-order valence-corrected chi connectivity index (χ1v) is 7.47. The molecule has 1 aliphatic carbocycles. The van der Waals surface area contributed by atoms with Crippen molar-refractivity contribution in [2.75, 3.05) is 19.6 Å². The standard InChI is InChI=1S/C15H26N2O4/c1-13(2,3)21-12(20)17-9-15(10-17,7-11(18)19)16-8-14(4)5-6-14/h16H,5-10H2,1-4H3,(H,18,19). The molecule has 0 atom stereocenters. The number of carboxylic acid groups (broad SMARTS) is 1.